The largest absolute Gasteiger partial charge is 0.497 e. The van der Waals surface area contributed by atoms with Gasteiger partial charge in [-0.05, 0) is 30.3 Å². The van der Waals surface area contributed by atoms with Crippen LogP contribution in [0.1, 0.15) is 12.0 Å². The highest BCUT2D eigenvalue weighted by Crippen LogP contribution is 2.33. The molecule has 6 nitrogen and oxygen atoms in total. The minimum atomic E-state index is -4.39. The fourth-order valence-electron chi connectivity index (χ4n) is 4.09. The molecule has 0 aromatic heterocycles. The number of rotatable bonds is 4. The molecule has 2 aliphatic rings. The molecule has 0 N–H and O–H groups in total. The van der Waals surface area contributed by atoms with Crippen molar-refractivity contribution in [2.45, 2.75) is 18.6 Å². The van der Waals surface area contributed by atoms with Crippen LogP contribution in [-0.2, 0) is 15.8 Å². The topological polar surface area (TPSA) is 53.1 Å². The molecule has 2 saturated heterocycles. The van der Waals surface area contributed by atoms with Crippen LogP contribution in [0.15, 0.2) is 48.5 Å². The van der Waals surface area contributed by atoms with E-state index in [4.69, 9.17) is 4.74 Å². The highest BCUT2D eigenvalue weighted by atomic mass is 19.4. The summed E-state index contributed by atoms with van der Waals surface area (Å²) in [5.41, 5.74) is 0.290. The Hall–Kier alpha value is -3.07. The molecule has 1 unspecified atom stereocenters. The maximum atomic E-state index is 13.0. The second-order valence-electron chi connectivity index (χ2n) is 7.56. The number of hydrogen-bond acceptors (Lipinski definition) is 5. The van der Waals surface area contributed by atoms with Crippen LogP contribution in [0.2, 0.25) is 0 Å². The second-order valence-corrected chi connectivity index (χ2v) is 7.56. The van der Waals surface area contributed by atoms with Gasteiger partial charge in [-0.3, -0.25) is 14.5 Å². The summed E-state index contributed by atoms with van der Waals surface area (Å²) in [6.07, 6.45) is -4.31. The van der Waals surface area contributed by atoms with Crippen LogP contribution in [0.25, 0.3) is 0 Å². The summed E-state index contributed by atoms with van der Waals surface area (Å²) >= 11 is 0. The predicted molar refractivity (Wildman–Crippen MR) is 109 cm³/mol. The lowest BCUT2D eigenvalue weighted by Gasteiger charge is -2.38. The van der Waals surface area contributed by atoms with E-state index in [1.165, 1.54) is 18.1 Å². The van der Waals surface area contributed by atoms with Gasteiger partial charge in [0, 0.05) is 37.9 Å². The number of piperazine rings is 1. The summed E-state index contributed by atoms with van der Waals surface area (Å²) < 4.78 is 44.2. The molecule has 9 heteroatoms. The molecular weight excluding hydrogens is 411 g/mol. The van der Waals surface area contributed by atoms with E-state index in [2.05, 4.69) is 0 Å². The number of anilines is 2. The Balaban J connectivity index is 1.43. The van der Waals surface area contributed by atoms with Crippen LogP contribution in [-0.4, -0.2) is 56.0 Å². The van der Waals surface area contributed by atoms with Crippen LogP contribution in [0.5, 0.6) is 5.75 Å². The Kier molecular flexibility index (Phi) is 5.62. The normalized spacial score (nSPS) is 20.5. The molecule has 4 rings (SSSR count). The summed E-state index contributed by atoms with van der Waals surface area (Å²) in [6.45, 7) is 1.90. The van der Waals surface area contributed by atoms with Gasteiger partial charge in [0.25, 0.3) is 5.91 Å². The number of benzene rings is 2. The second kappa shape index (κ2) is 8.22. The number of nitrogens with zero attached hydrogens (tertiary/aromatic N) is 3. The van der Waals surface area contributed by atoms with Crippen molar-refractivity contribution >= 4 is 23.2 Å². The third-order valence-electron chi connectivity index (χ3n) is 5.73. The molecule has 2 heterocycles. The fraction of sp³-hybridized carbons (Fsp3) is 0.364. The van der Waals surface area contributed by atoms with Gasteiger partial charge in [-0.25, -0.2) is 4.90 Å². The van der Waals surface area contributed by atoms with Gasteiger partial charge in [0.05, 0.1) is 30.8 Å². The Labute approximate surface area is 177 Å². The van der Waals surface area contributed by atoms with E-state index in [9.17, 15) is 22.8 Å². The quantitative estimate of drug-likeness (QED) is 0.694. The molecule has 0 radical (unpaired) electrons. The monoisotopic (exact) mass is 433 g/mol. The summed E-state index contributed by atoms with van der Waals surface area (Å²) in [5, 5.41) is 0. The smallest absolute Gasteiger partial charge is 0.416 e. The van der Waals surface area contributed by atoms with E-state index in [0.717, 1.165) is 12.1 Å². The molecule has 0 spiro atoms. The number of ether oxygens (including phenoxy) is 1. The predicted octanol–water partition coefficient (Wildman–Crippen LogP) is 3.17. The Morgan fingerprint density at radius 2 is 1.61 bits per heavy atom. The SMILES string of the molecule is COc1cccc(N2C(=O)CC(N3CCN(c4cccc(C(F)(F)F)c4)CC3)C2=O)c1. The van der Waals surface area contributed by atoms with Crippen LogP contribution >= 0.6 is 0 Å². The van der Waals surface area contributed by atoms with Gasteiger partial charge in [-0.2, -0.15) is 13.2 Å². The Morgan fingerprint density at radius 1 is 0.935 bits per heavy atom. The van der Waals surface area contributed by atoms with Crippen LogP contribution in [0.4, 0.5) is 24.5 Å². The molecule has 0 aliphatic carbocycles. The molecule has 2 amide bonds. The molecule has 2 aromatic rings. The average molecular weight is 433 g/mol. The van der Waals surface area contributed by atoms with E-state index >= 15 is 0 Å². The van der Waals surface area contributed by atoms with Crippen molar-refractivity contribution in [3.05, 3.63) is 54.1 Å². The zero-order valence-electron chi connectivity index (χ0n) is 16.9. The third-order valence-corrected chi connectivity index (χ3v) is 5.73. The van der Waals surface area contributed by atoms with Crippen molar-refractivity contribution in [1.29, 1.82) is 0 Å². The van der Waals surface area contributed by atoms with Gasteiger partial charge >= 0.3 is 6.18 Å². The molecule has 2 fully saturated rings. The van der Waals surface area contributed by atoms with Crippen molar-refractivity contribution in [2.24, 2.45) is 0 Å². The van der Waals surface area contributed by atoms with Gasteiger partial charge in [0.1, 0.15) is 5.75 Å². The van der Waals surface area contributed by atoms with Crippen molar-refractivity contribution in [2.75, 3.05) is 43.1 Å². The number of carbonyl (C=O) groups excluding carboxylic acids is 2. The average Bonchev–Trinajstić information content (AvgIpc) is 3.07. The minimum absolute atomic E-state index is 0.0829. The lowest BCUT2D eigenvalue weighted by atomic mass is 10.1. The van der Waals surface area contributed by atoms with Gasteiger partial charge in [-0.15, -0.1) is 0 Å². The first-order valence-electron chi connectivity index (χ1n) is 9.95. The van der Waals surface area contributed by atoms with Gasteiger partial charge in [0.2, 0.25) is 5.91 Å². The third kappa shape index (κ3) is 4.23. The summed E-state index contributed by atoms with van der Waals surface area (Å²) in [6, 6.07) is 11.5. The zero-order valence-corrected chi connectivity index (χ0v) is 16.9. The Morgan fingerprint density at radius 3 is 2.29 bits per heavy atom. The van der Waals surface area contributed by atoms with E-state index in [-0.39, 0.29) is 18.2 Å². The van der Waals surface area contributed by atoms with E-state index < -0.39 is 17.8 Å². The molecular formula is C22H22F3N3O3. The van der Waals surface area contributed by atoms with Gasteiger partial charge in [0.15, 0.2) is 0 Å². The molecule has 0 saturated carbocycles. The highest BCUT2D eigenvalue weighted by Gasteiger charge is 2.43. The summed E-state index contributed by atoms with van der Waals surface area (Å²) in [5.74, 6) is -0.00872. The van der Waals surface area contributed by atoms with E-state index in [0.29, 0.717) is 43.3 Å². The minimum Gasteiger partial charge on any atom is -0.497 e. The molecule has 2 aromatic carbocycles. The first-order chi connectivity index (χ1) is 14.8. The summed E-state index contributed by atoms with van der Waals surface area (Å²) in [4.78, 5) is 30.6. The molecule has 1 atom stereocenters. The van der Waals surface area contributed by atoms with Crippen LogP contribution in [0, 0.1) is 0 Å². The van der Waals surface area contributed by atoms with Crippen molar-refractivity contribution < 1.29 is 27.5 Å². The number of hydrogen-bond donors (Lipinski definition) is 0. The van der Waals surface area contributed by atoms with Gasteiger partial charge < -0.3 is 9.64 Å². The zero-order chi connectivity index (χ0) is 22.2. The van der Waals surface area contributed by atoms with Crippen LogP contribution < -0.4 is 14.5 Å². The maximum Gasteiger partial charge on any atom is 0.416 e. The number of halogens is 3. The van der Waals surface area contributed by atoms with E-state index in [1.54, 1.807) is 30.3 Å². The number of imide groups is 1. The summed E-state index contributed by atoms with van der Waals surface area (Å²) in [7, 11) is 1.51. The van der Waals surface area contributed by atoms with Crippen molar-refractivity contribution in [3.8, 4) is 5.75 Å². The lowest BCUT2D eigenvalue weighted by Crippen LogP contribution is -2.52. The number of carbonyl (C=O) groups is 2. The number of methoxy groups -OCH3 is 1. The maximum absolute atomic E-state index is 13.0. The molecule has 164 valence electrons. The molecule has 2 aliphatic heterocycles. The number of alkyl halides is 3. The van der Waals surface area contributed by atoms with E-state index in [1.807, 2.05) is 9.80 Å². The standard InChI is InChI=1S/C22H22F3N3O3/c1-31-18-7-3-6-17(13-18)28-20(29)14-19(21(28)30)27-10-8-26(9-11-27)16-5-2-4-15(12-16)22(23,24)25/h2-7,12-13,19H,8-11,14H2,1H3. The van der Waals surface area contributed by atoms with Crippen LogP contribution in [0.3, 0.4) is 0 Å². The lowest BCUT2D eigenvalue weighted by molar-refractivity contribution is -0.137. The number of amides is 2. The van der Waals surface area contributed by atoms with Gasteiger partial charge in [-0.1, -0.05) is 12.1 Å². The highest BCUT2D eigenvalue weighted by molar-refractivity contribution is 6.22. The molecule has 0 bridgehead atoms. The first kappa shape index (κ1) is 21.2. The van der Waals surface area contributed by atoms with Crippen molar-refractivity contribution in [1.82, 2.24) is 4.90 Å². The van der Waals surface area contributed by atoms with Crippen molar-refractivity contribution in [3.63, 3.8) is 0 Å². The molecule has 31 heavy (non-hydrogen) atoms. The Bertz CT molecular complexity index is 987. The first-order valence-corrected chi connectivity index (χ1v) is 9.95. The fourth-order valence-corrected chi connectivity index (χ4v) is 4.09.